The number of carbonyl (C=O) groups is 1. The molecule has 122 valence electrons. The number of rotatable bonds is 6. The van der Waals surface area contributed by atoms with E-state index in [0.717, 1.165) is 31.6 Å². The molecule has 23 heavy (non-hydrogen) atoms. The normalized spacial score (nSPS) is 15.5. The Balaban J connectivity index is 1.43. The summed E-state index contributed by atoms with van der Waals surface area (Å²) in [7, 11) is 0. The van der Waals surface area contributed by atoms with Crippen LogP contribution in [0.2, 0.25) is 0 Å². The molecule has 2 aromatic heterocycles. The fourth-order valence-corrected chi connectivity index (χ4v) is 2.49. The highest BCUT2D eigenvalue weighted by Gasteiger charge is 2.15. The topological polar surface area (TPSA) is 90.1 Å². The first kappa shape index (κ1) is 15.6. The second-order valence-electron chi connectivity index (χ2n) is 5.61. The second kappa shape index (κ2) is 7.82. The molecule has 1 aliphatic heterocycles. The Labute approximate surface area is 134 Å². The van der Waals surface area contributed by atoms with Gasteiger partial charge < -0.3 is 14.6 Å². The number of aryl methyl sites for hydroxylation is 1. The van der Waals surface area contributed by atoms with Crippen molar-refractivity contribution in [1.29, 1.82) is 0 Å². The minimum atomic E-state index is 0.0140. The third-order valence-electron chi connectivity index (χ3n) is 3.90. The van der Waals surface area contributed by atoms with Gasteiger partial charge in [-0.3, -0.25) is 9.78 Å². The van der Waals surface area contributed by atoms with Gasteiger partial charge in [0.05, 0.1) is 0 Å². The smallest absolute Gasteiger partial charge is 0.227 e. The van der Waals surface area contributed by atoms with E-state index in [0.29, 0.717) is 37.0 Å². The quantitative estimate of drug-likeness (QED) is 0.870. The predicted molar refractivity (Wildman–Crippen MR) is 82.4 cm³/mol. The highest BCUT2D eigenvalue weighted by atomic mass is 16.5. The minimum Gasteiger partial charge on any atom is -0.381 e. The monoisotopic (exact) mass is 316 g/mol. The van der Waals surface area contributed by atoms with Crippen molar-refractivity contribution in [2.24, 2.45) is 5.92 Å². The highest BCUT2D eigenvalue weighted by molar-refractivity contribution is 5.76. The molecule has 7 heteroatoms. The molecule has 0 unspecified atom stereocenters. The average Bonchev–Trinajstić information content (AvgIpc) is 3.09. The van der Waals surface area contributed by atoms with Gasteiger partial charge in [0, 0.05) is 50.6 Å². The van der Waals surface area contributed by atoms with E-state index in [4.69, 9.17) is 9.26 Å². The van der Waals surface area contributed by atoms with Gasteiger partial charge in [0.15, 0.2) is 0 Å². The zero-order valence-electron chi connectivity index (χ0n) is 12.9. The summed E-state index contributed by atoms with van der Waals surface area (Å²) in [5.74, 6) is 1.53. The molecule has 0 aliphatic carbocycles. The molecule has 3 heterocycles. The first-order chi connectivity index (χ1) is 11.3. The van der Waals surface area contributed by atoms with Gasteiger partial charge in [-0.2, -0.15) is 4.98 Å². The first-order valence-electron chi connectivity index (χ1n) is 7.88. The number of nitrogens with zero attached hydrogens (tertiary/aromatic N) is 3. The molecule has 1 amide bonds. The van der Waals surface area contributed by atoms with Crippen molar-refractivity contribution in [3.63, 3.8) is 0 Å². The number of hydrogen-bond donors (Lipinski definition) is 1. The first-order valence-corrected chi connectivity index (χ1v) is 7.88. The number of aromatic nitrogens is 3. The van der Waals surface area contributed by atoms with E-state index in [1.54, 1.807) is 12.4 Å². The summed E-state index contributed by atoms with van der Waals surface area (Å²) < 4.78 is 10.5. The molecule has 0 bridgehead atoms. The summed E-state index contributed by atoms with van der Waals surface area (Å²) in [6.45, 7) is 2.30. The van der Waals surface area contributed by atoms with Crippen LogP contribution in [0.4, 0.5) is 0 Å². The summed E-state index contributed by atoms with van der Waals surface area (Å²) in [4.78, 5) is 20.1. The van der Waals surface area contributed by atoms with Crippen LogP contribution in [0.15, 0.2) is 29.0 Å². The number of ether oxygens (including phenoxy) is 1. The fraction of sp³-hybridized carbons (Fsp3) is 0.500. The van der Waals surface area contributed by atoms with Crippen molar-refractivity contribution in [1.82, 2.24) is 20.4 Å². The Morgan fingerprint density at radius 2 is 2.04 bits per heavy atom. The van der Waals surface area contributed by atoms with E-state index in [1.165, 1.54) is 0 Å². The van der Waals surface area contributed by atoms with E-state index in [9.17, 15) is 4.79 Å². The van der Waals surface area contributed by atoms with Crippen LogP contribution in [0.1, 0.15) is 25.2 Å². The minimum absolute atomic E-state index is 0.0140. The molecule has 1 aliphatic rings. The molecule has 0 spiro atoms. The molecule has 0 aromatic carbocycles. The second-order valence-corrected chi connectivity index (χ2v) is 5.61. The Kier molecular flexibility index (Phi) is 5.31. The van der Waals surface area contributed by atoms with E-state index >= 15 is 0 Å². The molecular formula is C16H20N4O3. The molecular weight excluding hydrogens is 296 g/mol. The fourth-order valence-electron chi connectivity index (χ4n) is 2.49. The van der Waals surface area contributed by atoms with Crippen LogP contribution in [0.3, 0.4) is 0 Å². The SMILES string of the molecule is O=C(CCc1nc(-c2ccncc2)no1)NCC1CCOCC1. The molecule has 1 saturated heterocycles. The van der Waals surface area contributed by atoms with Crippen molar-refractivity contribution in [3.8, 4) is 11.4 Å². The highest BCUT2D eigenvalue weighted by Crippen LogP contribution is 2.15. The Hall–Kier alpha value is -2.28. The van der Waals surface area contributed by atoms with Crippen LogP contribution in [-0.2, 0) is 16.0 Å². The van der Waals surface area contributed by atoms with Crippen molar-refractivity contribution in [2.75, 3.05) is 19.8 Å². The van der Waals surface area contributed by atoms with Gasteiger partial charge in [0.25, 0.3) is 0 Å². The van der Waals surface area contributed by atoms with Gasteiger partial charge in [0.1, 0.15) is 0 Å². The number of carbonyl (C=O) groups excluding carboxylic acids is 1. The molecule has 1 N–H and O–H groups in total. The number of pyridine rings is 1. The van der Waals surface area contributed by atoms with E-state index in [2.05, 4.69) is 20.4 Å². The van der Waals surface area contributed by atoms with Gasteiger partial charge in [-0.1, -0.05) is 5.16 Å². The Morgan fingerprint density at radius 1 is 1.26 bits per heavy atom. The summed E-state index contributed by atoms with van der Waals surface area (Å²) in [6.07, 6.45) is 6.17. The predicted octanol–water partition coefficient (Wildman–Crippen LogP) is 1.61. The van der Waals surface area contributed by atoms with Gasteiger partial charge in [-0.05, 0) is 30.9 Å². The number of nitrogens with one attached hydrogen (secondary N) is 1. The van der Waals surface area contributed by atoms with Crippen LogP contribution >= 0.6 is 0 Å². The van der Waals surface area contributed by atoms with Crippen LogP contribution in [0.5, 0.6) is 0 Å². The lowest BCUT2D eigenvalue weighted by Gasteiger charge is -2.22. The maximum absolute atomic E-state index is 11.9. The summed E-state index contributed by atoms with van der Waals surface area (Å²) in [5, 5.41) is 6.89. The molecule has 3 rings (SSSR count). The van der Waals surface area contributed by atoms with Crippen LogP contribution in [0, 0.1) is 5.92 Å². The molecule has 0 saturated carbocycles. The van der Waals surface area contributed by atoms with Crippen LogP contribution in [-0.4, -0.2) is 40.8 Å². The molecule has 2 aromatic rings. The van der Waals surface area contributed by atoms with Gasteiger partial charge in [-0.25, -0.2) is 0 Å². The summed E-state index contributed by atoms with van der Waals surface area (Å²) in [6, 6.07) is 3.63. The lowest BCUT2D eigenvalue weighted by molar-refractivity contribution is -0.121. The number of hydrogen-bond acceptors (Lipinski definition) is 6. The van der Waals surface area contributed by atoms with Crippen molar-refractivity contribution < 1.29 is 14.1 Å². The number of amides is 1. The average molecular weight is 316 g/mol. The zero-order chi connectivity index (χ0) is 15.9. The maximum atomic E-state index is 11.9. The van der Waals surface area contributed by atoms with Crippen molar-refractivity contribution in [3.05, 3.63) is 30.4 Å². The maximum Gasteiger partial charge on any atom is 0.227 e. The van der Waals surface area contributed by atoms with Crippen molar-refractivity contribution >= 4 is 5.91 Å². The molecule has 0 atom stereocenters. The Bertz CT molecular complexity index is 623. The third kappa shape index (κ3) is 4.59. The molecule has 7 nitrogen and oxygen atoms in total. The third-order valence-corrected chi connectivity index (χ3v) is 3.90. The largest absolute Gasteiger partial charge is 0.381 e. The molecule has 1 fully saturated rings. The Morgan fingerprint density at radius 3 is 2.83 bits per heavy atom. The van der Waals surface area contributed by atoms with Crippen molar-refractivity contribution in [2.45, 2.75) is 25.7 Å². The van der Waals surface area contributed by atoms with Gasteiger partial charge in [0.2, 0.25) is 17.6 Å². The van der Waals surface area contributed by atoms with Gasteiger partial charge >= 0.3 is 0 Å². The lowest BCUT2D eigenvalue weighted by atomic mass is 10.0. The lowest BCUT2D eigenvalue weighted by Crippen LogP contribution is -2.32. The molecule has 0 radical (unpaired) electrons. The van der Waals surface area contributed by atoms with Gasteiger partial charge in [-0.15, -0.1) is 0 Å². The van der Waals surface area contributed by atoms with E-state index in [1.807, 2.05) is 12.1 Å². The van der Waals surface area contributed by atoms with Crippen LogP contribution in [0.25, 0.3) is 11.4 Å². The van der Waals surface area contributed by atoms with E-state index in [-0.39, 0.29) is 5.91 Å². The zero-order valence-corrected chi connectivity index (χ0v) is 12.9. The van der Waals surface area contributed by atoms with Crippen LogP contribution < -0.4 is 5.32 Å². The standard InChI is InChI=1S/C16H20N4O3/c21-14(18-11-12-5-9-22-10-6-12)1-2-15-19-16(20-23-15)13-3-7-17-8-4-13/h3-4,7-8,12H,1-2,5-6,9-11H2,(H,18,21). The summed E-state index contributed by atoms with van der Waals surface area (Å²) in [5.41, 5.74) is 0.846. The summed E-state index contributed by atoms with van der Waals surface area (Å²) >= 11 is 0. The van der Waals surface area contributed by atoms with E-state index < -0.39 is 0 Å².